The van der Waals surface area contributed by atoms with Crippen LogP contribution >= 0.6 is 0 Å². The van der Waals surface area contributed by atoms with E-state index >= 15 is 0 Å². The summed E-state index contributed by atoms with van der Waals surface area (Å²) < 4.78 is 11.2. The molecule has 0 fully saturated rings. The average Bonchev–Trinajstić information content (AvgIpc) is 2.84. The van der Waals surface area contributed by atoms with Gasteiger partial charge in [-0.15, -0.1) is 0 Å². The minimum atomic E-state index is -0.405. The molecule has 3 aromatic rings. The summed E-state index contributed by atoms with van der Waals surface area (Å²) in [6.45, 7) is 4.97. The number of benzene rings is 3. The molecule has 0 amide bonds. The molecule has 3 aromatic carbocycles. The van der Waals surface area contributed by atoms with Gasteiger partial charge in [-0.05, 0) is 73.5 Å². The Labute approximate surface area is 196 Å². The molecule has 0 aliphatic carbocycles. The highest BCUT2D eigenvalue weighted by atomic mass is 16.5. The van der Waals surface area contributed by atoms with Gasteiger partial charge >= 0.3 is 5.97 Å². The van der Waals surface area contributed by atoms with Crippen LogP contribution in [0, 0.1) is 6.92 Å². The van der Waals surface area contributed by atoms with Crippen molar-refractivity contribution in [2.75, 3.05) is 6.61 Å². The number of rotatable bonds is 12. The fraction of sp³-hybridized carbons (Fsp3) is 0.321. The third kappa shape index (κ3) is 8.19. The van der Waals surface area contributed by atoms with Crippen LogP contribution in [0.1, 0.15) is 61.4 Å². The van der Waals surface area contributed by atoms with Gasteiger partial charge in [0.1, 0.15) is 11.5 Å². The zero-order chi connectivity index (χ0) is 23.3. The Kier molecular flexibility index (Phi) is 9.64. The average molecular weight is 445 g/mol. The number of carbonyl (C=O) groups excluding carboxylic acids is 1. The van der Waals surface area contributed by atoms with E-state index in [2.05, 4.69) is 17.2 Å². The quantitative estimate of drug-likeness (QED) is 0.122. The number of unbranched alkanes of at least 4 members (excludes halogenated alkanes) is 5. The summed E-state index contributed by atoms with van der Waals surface area (Å²) in [5.74, 6) is 0.972. The fourth-order valence-electron chi connectivity index (χ4n) is 3.33. The third-order valence-electron chi connectivity index (χ3n) is 5.26. The van der Waals surface area contributed by atoms with Crippen LogP contribution in [0.4, 0.5) is 11.4 Å². The highest BCUT2D eigenvalue weighted by Crippen LogP contribution is 2.26. The lowest BCUT2D eigenvalue weighted by Gasteiger charge is -2.08. The number of para-hydroxylation sites is 1. The summed E-state index contributed by atoms with van der Waals surface area (Å²) in [6, 6.07) is 21.7. The number of azo groups is 1. The van der Waals surface area contributed by atoms with Gasteiger partial charge in [0.05, 0.1) is 23.5 Å². The lowest BCUT2D eigenvalue weighted by molar-refractivity contribution is 0.0735. The second kappa shape index (κ2) is 13.2. The van der Waals surface area contributed by atoms with E-state index in [1.54, 1.807) is 36.4 Å². The molecule has 0 aromatic heterocycles. The molecule has 0 aliphatic heterocycles. The molecule has 0 atom stereocenters. The summed E-state index contributed by atoms with van der Waals surface area (Å²) in [5, 5.41) is 8.65. The molecule has 0 radical (unpaired) electrons. The van der Waals surface area contributed by atoms with E-state index in [9.17, 15) is 4.79 Å². The Morgan fingerprint density at radius 3 is 2.24 bits per heavy atom. The summed E-state index contributed by atoms with van der Waals surface area (Å²) in [6.07, 6.45) is 7.49. The number of ether oxygens (including phenoxy) is 2. The number of nitrogens with zero attached hydrogens (tertiary/aromatic N) is 2. The number of hydrogen-bond donors (Lipinski definition) is 0. The molecule has 5 nitrogen and oxygen atoms in total. The van der Waals surface area contributed by atoms with Crippen LogP contribution in [-0.2, 0) is 0 Å². The first-order valence-corrected chi connectivity index (χ1v) is 11.7. The molecule has 172 valence electrons. The number of aryl methyl sites for hydroxylation is 1. The van der Waals surface area contributed by atoms with Gasteiger partial charge < -0.3 is 9.47 Å². The molecule has 0 heterocycles. The first-order chi connectivity index (χ1) is 16.2. The van der Waals surface area contributed by atoms with Crippen molar-refractivity contribution in [3.63, 3.8) is 0 Å². The summed E-state index contributed by atoms with van der Waals surface area (Å²) in [5.41, 5.74) is 2.91. The Morgan fingerprint density at radius 1 is 0.788 bits per heavy atom. The van der Waals surface area contributed by atoms with Gasteiger partial charge in [-0.25, -0.2) is 4.79 Å². The minimum Gasteiger partial charge on any atom is -0.494 e. The van der Waals surface area contributed by atoms with Gasteiger partial charge in [0.25, 0.3) is 0 Å². The van der Waals surface area contributed by atoms with Crippen molar-refractivity contribution in [1.82, 2.24) is 0 Å². The molecule has 0 aliphatic rings. The first kappa shape index (κ1) is 24.2. The Hall–Kier alpha value is -3.47. The predicted molar refractivity (Wildman–Crippen MR) is 132 cm³/mol. The molecule has 0 bridgehead atoms. The number of carbonyl (C=O) groups is 1. The molecule has 0 N–H and O–H groups in total. The normalized spacial score (nSPS) is 11.0. The van der Waals surface area contributed by atoms with Crippen molar-refractivity contribution in [2.24, 2.45) is 10.2 Å². The van der Waals surface area contributed by atoms with Crippen LogP contribution in [0.25, 0.3) is 0 Å². The fourth-order valence-corrected chi connectivity index (χ4v) is 3.33. The summed E-state index contributed by atoms with van der Waals surface area (Å²) in [7, 11) is 0. The van der Waals surface area contributed by atoms with Crippen LogP contribution in [-0.4, -0.2) is 12.6 Å². The van der Waals surface area contributed by atoms with E-state index < -0.39 is 5.97 Å². The van der Waals surface area contributed by atoms with Crippen LogP contribution in [0.5, 0.6) is 11.5 Å². The van der Waals surface area contributed by atoms with E-state index in [0.717, 1.165) is 30.0 Å². The van der Waals surface area contributed by atoms with E-state index in [0.29, 0.717) is 17.0 Å². The second-order valence-electron chi connectivity index (χ2n) is 8.01. The largest absolute Gasteiger partial charge is 0.494 e. The molecule has 0 saturated heterocycles. The number of esters is 1. The topological polar surface area (TPSA) is 60.2 Å². The molecule has 0 spiro atoms. The van der Waals surface area contributed by atoms with E-state index in [1.165, 1.54) is 32.1 Å². The van der Waals surface area contributed by atoms with Gasteiger partial charge in [0.2, 0.25) is 0 Å². The molecule has 33 heavy (non-hydrogen) atoms. The minimum absolute atomic E-state index is 0.405. The van der Waals surface area contributed by atoms with Crippen molar-refractivity contribution in [2.45, 2.75) is 52.4 Å². The van der Waals surface area contributed by atoms with E-state index in [1.807, 2.05) is 43.3 Å². The van der Waals surface area contributed by atoms with Gasteiger partial charge in [-0.1, -0.05) is 57.2 Å². The third-order valence-corrected chi connectivity index (χ3v) is 5.26. The van der Waals surface area contributed by atoms with E-state index in [-0.39, 0.29) is 0 Å². The summed E-state index contributed by atoms with van der Waals surface area (Å²) >= 11 is 0. The predicted octanol–water partition coefficient (Wildman–Crippen LogP) is 8.37. The Balaban J connectivity index is 1.49. The van der Waals surface area contributed by atoms with Crippen LogP contribution in [0.3, 0.4) is 0 Å². The second-order valence-corrected chi connectivity index (χ2v) is 8.01. The standard InChI is InChI=1S/C28H32N2O3/c1-3-4-5-6-7-11-20-32-26-18-19-27(22(2)21-26)30-29-24-16-14-23(15-17-24)28(31)33-25-12-9-8-10-13-25/h8-10,12-19,21H,3-7,11,20H2,1-2H3. The smallest absolute Gasteiger partial charge is 0.343 e. The van der Waals surface area contributed by atoms with Crippen LogP contribution in [0.15, 0.2) is 83.0 Å². The highest BCUT2D eigenvalue weighted by molar-refractivity contribution is 5.91. The molecule has 0 saturated carbocycles. The van der Waals surface area contributed by atoms with Gasteiger partial charge in [0.15, 0.2) is 0 Å². The first-order valence-electron chi connectivity index (χ1n) is 11.7. The molecular weight excluding hydrogens is 412 g/mol. The summed E-state index contributed by atoms with van der Waals surface area (Å²) in [4.78, 5) is 12.2. The number of hydrogen-bond acceptors (Lipinski definition) is 5. The molecule has 3 rings (SSSR count). The monoisotopic (exact) mass is 444 g/mol. The Bertz CT molecular complexity index is 1030. The zero-order valence-corrected chi connectivity index (χ0v) is 19.5. The lowest BCUT2D eigenvalue weighted by Crippen LogP contribution is -2.07. The maximum Gasteiger partial charge on any atom is 0.343 e. The molecule has 5 heteroatoms. The van der Waals surface area contributed by atoms with Crippen LogP contribution < -0.4 is 9.47 Å². The lowest BCUT2D eigenvalue weighted by atomic mass is 10.1. The maximum absolute atomic E-state index is 12.2. The van der Waals surface area contributed by atoms with Crippen molar-refractivity contribution < 1.29 is 14.3 Å². The van der Waals surface area contributed by atoms with Gasteiger partial charge in [-0.3, -0.25) is 0 Å². The van der Waals surface area contributed by atoms with Gasteiger partial charge in [-0.2, -0.15) is 10.2 Å². The van der Waals surface area contributed by atoms with Crippen molar-refractivity contribution >= 4 is 17.3 Å². The van der Waals surface area contributed by atoms with Crippen LogP contribution in [0.2, 0.25) is 0 Å². The van der Waals surface area contributed by atoms with Crippen molar-refractivity contribution in [1.29, 1.82) is 0 Å². The molecule has 0 unspecified atom stereocenters. The van der Waals surface area contributed by atoms with Gasteiger partial charge in [0, 0.05) is 0 Å². The Morgan fingerprint density at radius 2 is 1.52 bits per heavy atom. The highest BCUT2D eigenvalue weighted by Gasteiger charge is 2.08. The maximum atomic E-state index is 12.2. The SMILES string of the molecule is CCCCCCCCOc1ccc(N=Nc2ccc(C(=O)Oc3ccccc3)cc2)c(C)c1. The molecular formula is C28H32N2O3. The van der Waals surface area contributed by atoms with Crippen molar-refractivity contribution in [3.8, 4) is 11.5 Å². The zero-order valence-electron chi connectivity index (χ0n) is 19.5. The van der Waals surface area contributed by atoms with E-state index in [4.69, 9.17) is 9.47 Å². The van der Waals surface area contributed by atoms with Crippen molar-refractivity contribution in [3.05, 3.63) is 83.9 Å².